The first kappa shape index (κ1) is 16.5. The average molecular weight is 390 g/mol. The third-order valence-corrected chi connectivity index (χ3v) is 5.04. The largest absolute Gasteiger partial charge is 0.497 e. The van der Waals surface area contributed by atoms with Crippen LogP contribution in [0, 0.1) is 0 Å². The Balaban J connectivity index is 2.04. The number of halogens is 1. The Hall–Kier alpha value is -2.34. The minimum absolute atomic E-state index is 0.179. The number of carbonyl (C=O) groups is 2. The molecule has 0 saturated carbocycles. The van der Waals surface area contributed by atoms with E-state index in [2.05, 4.69) is 15.9 Å². The van der Waals surface area contributed by atoms with Crippen LogP contribution >= 0.6 is 15.9 Å². The molecular formula is C18H16BrNO4. The molecule has 0 saturated heterocycles. The van der Waals surface area contributed by atoms with E-state index in [0.29, 0.717) is 11.3 Å². The molecule has 0 spiro atoms. The van der Waals surface area contributed by atoms with Crippen molar-refractivity contribution in [3.8, 4) is 5.75 Å². The fourth-order valence-corrected chi connectivity index (χ4v) is 3.85. The molecule has 0 aromatic heterocycles. The lowest BCUT2D eigenvalue weighted by Gasteiger charge is -2.30. The summed E-state index contributed by atoms with van der Waals surface area (Å²) in [7, 11) is 1.55. The Morgan fingerprint density at radius 3 is 2.71 bits per heavy atom. The van der Waals surface area contributed by atoms with Crippen molar-refractivity contribution in [1.82, 2.24) is 4.90 Å². The van der Waals surface area contributed by atoms with Crippen molar-refractivity contribution in [2.45, 2.75) is 17.4 Å². The number of rotatable bonds is 5. The minimum atomic E-state index is -0.966. The van der Waals surface area contributed by atoms with Gasteiger partial charge in [0.1, 0.15) is 10.7 Å². The van der Waals surface area contributed by atoms with E-state index in [1.54, 1.807) is 42.3 Å². The normalized spacial score (nSPS) is 17.5. The molecule has 0 bridgehead atoms. The van der Waals surface area contributed by atoms with Gasteiger partial charge in [-0.15, -0.1) is 0 Å². The molecule has 2 atom stereocenters. The molecule has 5 nitrogen and oxygen atoms in total. The number of carboxylic acids is 1. The van der Waals surface area contributed by atoms with Crippen LogP contribution in [0.25, 0.3) is 0 Å². The maximum atomic E-state index is 12.8. The van der Waals surface area contributed by atoms with E-state index in [-0.39, 0.29) is 17.3 Å². The number of hydrogen-bond acceptors (Lipinski definition) is 3. The van der Waals surface area contributed by atoms with Gasteiger partial charge in [-0.25, -0.2) is 0 Å². The third-order valence-electron chi connectivity index (χ3n) is 4.11. The highest BCUT2D eigenvalue weighted by molar-refractivity contribution is 9.09. The Kier molecular flexibility index (Phi) is 4.57. The van der Waals surface area contributed by atoms with Crippen LogP contribution < -0.4 is 4.74 Å². The third kappa shape index (κ3) is 2.89. The molecule has 2 aromatic carbocycles. The summed E-state index contributed by atoms with van der Waals surface area (Å²) in [5.41, 5.74) is 2.17. The maximum absolute atomic E-state index is 12.8. The number of aliphatic carboxylic acids is 1. The molecule has 1 N–H and O–H groups in total. The molecule has 1 aliphatic heterocycles. The molecule has 6 heteroatoms. The zero-order valence-corrected chi connectivity index (χ0v) is 14.6. The lowest BCUT2D eigenvalue weighted by Crippen LogP contribution is -2.32. The second kappa shape index (κ2) is 6.65. The van der Waals surface area contributed by atoms with Crippen molar-refractivity contribution in [2.24, 2.45) is 0 Å². The van der Waals surface area contributed by atoms with Crippen LogP contribution in [0.2, 0.25) is 0 Å². The van der Waals surface area contributed by atoms with Crippen LogP contribution in [0.1, 0.15) is 38.9 Å². The van der Waals surface area contributed by atoms with E-state index in [0.717, 1.165) is 11.1 Å². The molecule has 1 aliphatic rings. The number of ether oxygens (including phenoxy) is 1. The number of benzene rings is 2. The van der Waals surface area contributed by atoms with Gasteiger partial charge in [0.25, 0.3) is 5.91 Å². The molecule has 0 aliphatic carbocycles. The predicted octanol–water partition coefficient (Wildman–Crippen LogP) is 3.76. The number of carboxylic acid groups (broad SMARTS) is 1. The summed E-state index contributed by atoms with van der Waals surface area (Å²) in [6, 6.07) is 13.9. The number of nitrogens with zero attached hydrogens (tertiary/aromatic N) is 1. The van der Waals surface area contributed by atoms with Crippen LogP contribution in [0.5, 0.6) is 5.75 Å². The average Bonchev–Trinajstić information content (AvgIpc) is 2.84. The van der Waals surface area contributed by atoms with Crippen molar-refractivity contribution in [1.29, 1.82) is 0 Å². The van der Waals surface area contributed by atoms with Gasteiger partial charge < -0.3 is 14.7 Å². The molecule has 1 heterocycles. The summed E-state index contributed by atoms with van der Waals surface area (Å²) in [4.78, 5) is 25.4. The van der Waals surface area contributed by atoms with Crippen LogP contribution in [-0.4, -0.2) is 29.0 Å². The zero-order valence-electron chi connectivity index (χ0n) is 13.0. The highest BCUT2D eigenvalue weighted by atomic mass is 79.9. The van der Waals surface area contributed by atoms with Crippen molar-refractivity contribution >= 4 is 27.8 Å². The number of fused-ring (bicyclic) bond motifs is 1. The number of alkyl halides is 1. The van der Waals surface area contributed by atoms with Gasteiger partial charge in [-0.3, -0.25) is 9.59 Å². The minimum Gasteiger partial charge on any atom is -0.497 e. The molecule has 24 heavy (non-hydrogen) atoms. The Labute approximate surface area is 148 Å². The highest BCUT2D eigenvalue weighted by Gasteiger charge is 2.40. The van der Waals surface area contributed by atoms with Gasteiger partial charge in [0.05, 0.1) is 19.6 Å². The van der Waals surface area contributed by atoms with Gasteiger partial charge in [-0.1, -0.05) is 46.3 Å². The Bertz CT molecular complexity index is 792. The molecule has 1 amide bonds. The van der Waals surface area contributed by atoms with Crippen molar-refractivity contribution in [3.63, 3.8) is 0 Å². The Morgan fingerprint density at radius 1 is 1.29 bits per heavy atom. The summed E-state index contributed by atoms with van der Waals surface area (Å²) in [6.07, 6.45) is -0.186. The van der Waals surface area contributed by atoms with Gasteiger partial charge in [0, 0.05) is 5.56 Å². The summed E-state index contributed by atoms with van der Waals surface area (Å²) >= 11 is 3.55. The van der Waals surface area contributed by atoms with Gasteiger partial charge in [0.15, 0.2) is 0 Å². The number of hydrogen-bond donors (Lipinski definition) is 1. The number of methoxy groups -OCH3 is 1. The number of carbonyl (C=O) groups excluding carboxylic acids is 1. The standard InChI is InChI=1S/C18H16BrNO4/c1-24-12-6-4-5-11(9-12)15(10-16(21)22)20-17(19)13-7-2-3-8-14(13)18(20)23/h2-9,15,17H,10H2,1H3,(H,21,22). The quantitative estimate of drug-likeness (QED) is 0.624. The lowest BCUT2D eigenvalue weighted by molar-refractivity contribution is -0.138. The second-order valence-electron chi connectivity index (χ2n) is 5.53. The molecule has 124 valence electrons. The lowest BCUT2D eigenvalue weighted by atomic mass is 10.0. The van der Waals surface area contributed by atoms with E-state index in [1.807, 2.05) is 18.2 Å². The molecular weight excluding hydrogens is 374 g/mol. The summed E-state index contributed by atoms with van der Waals surface area (Å²) in [5, 5.41) is 9.34. The summed E-state index contributed by atoms with van der Waals surface area (Å²) < 4.78 is 5.23. The van der Waals surface area contributed by atoms with E-state index in [9.17, 15) is 14.7 Å². The van der Waals surface area contributed by atoms with E-state index >= 15 is 0 Å². The molecule has 3 rings (SSSR count). The summed E-state index contributed by atoms with van der Waals surface area (Å²) in [6.45, 7) is 0. The van der Waals surface area contributed by atoms with Crippen LogP contribution in [0.15, 0.2) is 48.5 Å². The second-order valence-corrected chi connectivity index (χ2v) is 6.39. The van der Waals surface area contributed by atoms with Crippen molar-refractivity contribution < 1.29 is 19.4 Å². The fraction of sp³-hybridized carbons (Fsp3) is 0.222. The molecule has 2 unspecified atom stereocenters. The zero-order chi connectivity index (χ0) is 17.3. The van der Waals surface area contributed by atoms with E-state index in [1.165, 1.54) is 0 Å². The monoisotopic (exact) mass is 389 g/mol. The first-order valence-electron chi connectivity index (χ1n) is 7.44. The van der Waals surface area contributed by atoms with E-state index in [4.69, 9.17) is 4.74 Å². The van der Waals surface area contributed by atoms with Gasteiger partial charge >= 0.3 is 5.97 Å². The van der Waals surface area contributed by atoms with Crippen LogP contribution in [0.3, 0.4) is 0 Å². The first-order valence-corrected chi connectivity index (χ1v) is 8.36. The molecule has 2 aromatic rings. The van der Waals surface area contributed by atoms with Gasteiger partial charge in [-0.05, 0) is 29.3 Å². The maximum Gasteiger partial charge on any atom is 0.305 e. The van der Waals surface area contributed by atoms with E-state index < -0.39 is 12.0 Å². The predicted molar refractivity (Wildman–Crippen MR) is 92.3 cm³/mol. The fourth-order valence-electron chi connectivity index (χ4n) is 2.98. The van der Waals surface area contributed by atoms with Crippen molar-refractivity contribution in [2.75, 3.05) is 7.11 Å². The first-order chi connectivity index (χ1) is 11.5. The van der Waals surface area contributed by atoms with Crippen LogP contribution in [0.4, 0.5) is 0 Å². The SMILES string of the molecule is COc1cccc(C(CC(=O)O)N2C(=O)c3ccccc3C2Br)c1. The smallest absolute Gasteiger partial charge is 0.305 e. The van der Waals surface area contributed by atoms with Crippen molar-refractivity contribution in [3.05, 3.63) is 65.2 Å². The highest BCUT2D eigenvalue weighted by Crippen LogP contribution is 2.44. The molecule has 0 fully saturated rings. The van der Waals surface area contributed by atoms with Crippen LogP contribution in [-0.2, 0) is 4.79 Å². The Morgan fingerprint density at radius 2 is 2.04 bits per heavy atom. The van der Waals surface area contributed by atoms with Gasteiger partial charge in [0.2, 0.25) is 0 Å². The topological polar surface area (TPSA) is 66.8 Å². The summed E-state index contributed by atoms with van der Waals surface area (Å²) in [5.74, 6) is -0.522. The number of amides is 1. The molecule has 0 radical (unpaired) electrons. The van der Waals surface area contributed by atoms with Gasteiger partial charge in [-0.2, -0.15) is 0 Å².